The van der Waals surface area contributed by atoms with Gasteiger partial charge in [-0.2, -0.15) is 0 Å². The summed E-state index contributed by atoms with van der Waals surface area (Å²) >= 11 is 1.44. The van der Waals surface area contributed by atoms with Crippen LogP contribution in [0.3, 0.4) is 0 Å². The summed E-state index contributed by atoms with van der Waals surface area (Å²) in [5, 5.41) is 3.54. The quantitative estimate of drug-likeness (QED) is 0.891. The summed E-state index contributed by atoms with van der Waals surface area (Å²) in [6.45, 7) is 7.04. The first kappa shape index (κ1) is 18.6. The third-order valence-corrected chi connectivity index (χ3v) is 5.55. The van der Waals surface area contributed by atoms with Crippen molar-refractivity contribution in [3.8, 4) is 5.75 Å². The van der Waals surface area contributed by atoms with Gasteiger partial charge >= 0.3 is 0 Å². The van der Waals surface area contributed by atoms with Gasteiger partial charge in [0.2, 0.25) is 11.8 Å². The molecule has 1 aromatic heterocycles. The van der Waals surface area contributed by atoms with Crippen LogP contribution in [0.2, 0.25) is 0 Å². The molecule has 1 aromatic carbocycles. The van der Waals surface area contributed by atoms with Crippen molar-refractivity contribution in [2.24, 2.45) is 11.3 Å². The molecule has 7 heteroatoms. The van der Waals surface area contributed by atoms with Crippen LogP contribution >= 0.6 is 11.3 Å². The first-order valence-electron chi connectivity index (χ1n) is 8.83. The minimum atomic E-state index is -0.378. The number of aromatic nitrogens is 1. The highest BCUT2D eigenvalue weighted by Gasteiger charge is 2.32. The Morgan fingerprint density at radius 3 is 2.58 bits per heavy atom. The molecule has 0 saturated carbocycles. The number of nitrogens with one attached hydrogen (secondary N) is 1. The third kappa shape index (κ3) is 3.98. The van der Waals surface area contributed by atoms with Gasteiger partial charge in [-0.05, 0) is 31.0 Å². The number of carbonyl (C=O) groups is 2. The number of thiazole rings is 1. The molecule has 2 amide bonds. The second kappa shape index (κ2) is 7.23. The van der Waals surface area contributed by atoms with Gasteiger partial charge in [0.25, 0.3) is 0 Å². The molecule has 140 valence electrons. The maximum absolute atomic E-state index is 12.6. The van der Waals surface area contributed by atoms with Crippen LogP contribution in [0.4, 0.5) is 5.13 Å². The SMILES string of the molecule is COc1ccc2nc(NC(=O)C3CCN(C(=O)C(C)(C)C)CC3)sc2c1. The minimum absolute atomic E-state index is 0.0149. The molecule has 0 unspecified atom stereocenters. The van der Waals surface area contributed by atoms with Gasteiger partial charge in [-0.15, -0.1) is 0 Å². The monoisotopic (exact) mass is 375 g/mol. The van der Waals surface area contributed by atoms with E-state index in [0.29, 0.717) is 31.1 Å². The number of nitrogens with zero attached hydrogens (tertiary/aromatic N) is 2. The van der Waals surface area contributed by atoms with E-state index in [2.05, 4.69) is 10.3 Å². The molecular formula is C19H25N3O3S. The number of ether oxygens (including phenoxy) is 1. The lowest BCUT2D eigenvalue weighted by atomic mass is 9.91. The molecule has 6 nitrogen and oxygen atoms in total. The number of hydrogen-bond donors (Lipinski definition) is 1. The number of likely N-dealkylation sites (tertiary alicyclic amines) is 1. The molecular weight excluding hydrogens is 350 g/mol. The van der Waals surface area contributed by atoms with E-state index in [1.165, 1.54) is 11.3 Å². The zero-order valence-electron chi connectivity index (χ0n) is 15.7. The second-order valence-corrected chi connectivity index (χ2v) is 8.69. The molecule has 1 aliphatic heterocycles. The molecule has 0 bridgehead atoms. The summed E-state index contributed by atoms with van der Waals surface area (Å²) in [4.78, 5) is 31.2. The smallest absolute Gasteiger partial charge is 0.229 e. The topological polar surface area (TPSA) is 71.5 Å². The molecule has 1 saturated heterocycles. The molecule has 2 aromatic rings. The zero-order valence-corrected chi connectivity index (χ0v) is 16.5. The molecule has 0 radical (unpaired) electrons. The number of carbonyl (C=O) groups excluding carboxylic acids is 2. The van der Waals surface area contributed by atoms with Gasteiger partial charge in [0.1, 0.15) is 5.75 Å². The minimum Gasteiger partial charge on any atom is -0.497 e. The molecule has 1 aliphatic rings. The van der Waals surface area contributed by atoms with Gasteiger partial charge in [-0.3, -0.25) is 9.59 Å². The van der Waals surface area contributed by atoms with Gasteiger partial charge in [0, 0.05) is 24.4 Å². The fraction of sp³-hybridized carbons (Fsp3) is 0.526. The molecule has 0 spiro atoms. The highest BCUT2D eigenvalue weighted by molar-refractivity contribution is 7.22. The summed E-state index contributed by atoms with van der Waals surface area (Å²) in [6.07, 6.45) is 1.37. The van der Waals surface area contributed by atoms with Crippen molar-refractivity contribution >= 4 is 38.5 Å². The van der Waals surface area contributed by atoms with E-state index in [0.717, 1.165) is 16.0 Å². The largest absolute Gasteiger partial charge is 0.497 e. The highest BCUT2D eigenvalue weighted by atomic mass is 32.1. The predicted octanol–water partition coefficient (Wildman–Crippen LogP) is 3.53. The Morgan fingerprint density at radius 2 is 1.96 bits per heavy atom. The van der Waals surface area contributed by atoms with Crippen molar-refractivity contribution in [1.29, 1.82) is 0 Å². The molecule has 0 atom stereocenters. The first-order valence-corrected chi connectivity index (χ1v) is 9.64. The van der Waals surface area contributed by atoms with Crippen LogP contribution in [0, 0.1) is 11.3 Å². The lowest BCUT2D eigenvalue weighted by Crippen LogP contribution is -2.45. The Bertz CT molecular complexity index is 817. The van der Waals surface area contributed by atoms with Crippen LogP contribution in [0.25, 0.3) is 10.2 Å². The van der Waals surface area contributed by atoms with E-state index >= 15 is 0 Å². The number of hydrogen-bond acceptors (Lipinski definition) is 5. The van der Waals surface area contributed by atoms with E-state index < -0.39 is 0 Å². The van der Waals surface area contributed by atoms with E-state index in [-0.39, 0.29) is 23.1 Å². The number of rotatable bonds is 3. The van der Waals surface area contributed by atoms with Gasteiger partial charge in [-0.25, -0.2) is 4.98 Å². The van der Waals surface area contributed by atoms with Gasteiger partial charge in [0.05, 0.1) is 17.3 Å². The van der Waals surface area contributed by atoms with Crippen molar-refractivity contribution in [3.05, 3.63) is 18.2 Å². The third-order valence-electron chi connectivity index (χ3n) is 4.62. The molecule has 1 fully saturated rings. The van der Waals surface area contributed by atoms with E-state index in [1.807, 2.05) is 43.9 Å². The zero-order chi connectivity index (χ0) is 18.9. The van der Waals surface area contributed by atoms with Crippen LogP contribution in [-0.2, 0) is 9.59 Å². The molecule has 26 heavy (non-hydrogen) atoms. The Morgan fingerprint density at radius 1 is 1.27 bits per heavy atom. The number of benzene rings is 1. The maximum Gasteiger partial charge on any atom is 0.229 e. The van der Waals surface area contributed by atoms with Crippen molar-refractivity contribution < 1.29 is 14.3 Å². The van der Waals surface area contributed by atoms with Crippen molar-refractivity contribution in [3.63, 3.8) is 0 Å². The summed E-state index contributed by atoms with van der Waals surface area (Å²) in [5.74, 6) is 0.825. The molecule has 1 N–H and O–H groups in total. The second-order valence-electron chi connectivity index (χ2n) is 7.66. The van der Waals surface area contributed by atoms with Gasteiger partial charge in [0.15, 0.2) is 5.13 Å². The Hall–Kier alpha value is -2.15. The fourth-order valence-electron chi connectivity index (χ4n) is 3.11. The maximum atomic E-state index is 12.6. The lowest BCUT2D eigenvalue weighted by Gasteiger charge is -2.35. The Balaban J connectivity index is 1.60. The summed E-state index contributed by atoms with van der Waals surface area (Å²) in [6, 6.07) is 5.66. The number of piperidine rings is 1. The van der Waals surface area contributed by atoms with Crippen molar-refractivity contribution in [2.75, 3.05) is 25.5 Å². The van der Waals surface area contributed by atoms with E-state index in [4.69, 9.17) is 4.74 Å². The fourth-order valence-corrected chi connectivity index (χ4v) is 4.01. The summed E-state index contributed by atoms with van der Waals surface area (Å²) in [5.41, 5.74) is 0.466. The van der Waals surface area contributed by atoms with Gasteiger partial charge in [-0.1, -0.05) is 32.1 Å². The molecule has 0 aliphatic carbocycles. The number of anilines is 1. The lowest BCUT2D eigenvalue weighted by molar-refractivity contribution is -0.142. The van der Waals surface area contributed by atoms with Crippen molar-refractivity contribution in [2.45, 2.75) is 33.6 Å². The Kier molecular flexibility index (Phi) is 5.18. The van der Waals surface area contributed by atoms with Crippen LogP contribution in [-0.4, -0.2) is 41.9 Å². The number of methoxy groups -OCH3 is 1. The van der Waals surface area contributed by atoms with Crippen LogP contribution in [0.1, 0.15) is 33.6 Å². The Labute approximate surface area is 157 Å². The van der Waals surface area contributed by atoms with Crippen molar-refractivity contribution in [1.82, 2.24) is 9.88 Å². The van der Waals surface area contributed by atoms with E-state index in [9.17, 15) is 9.59 Å². The average Bonchev–Trinajstić information content (AvgIpc) is 3.01. The van der Waals surface area contributed by atoms with Gasteiger partial charge < -0.3 is 15.0 Å². The van der Waals surface area contributed by atoms with Crippen LogP contribution in [0.15, 0.2) is 18.2 Å². The average molecular weight is 375 g/mol. The first-order chi connectivity index (χ1) is 12.3. The molecule has 2 heterocycles. The van der Waals surface area contributed by atoms with Crippen LogP contribution in [0.5, 0.6) is 5.75 Å². The normalized spacial score (nSPS) is 15.9. The van der Waals surface area contributed by atoms with Crippen LogP contribution < -0.4 is 10.1 Å². The standard InChI is InChI=1S/C19H25N3O3S/c1-19(2,3)17(24)22-9-7-12(8-10-22)16(23)21-18-20-14-6-5-13(25-4)11-15(14)26-18/h5-6,11-12H,7-10H2,1-4H3,(H,20,21,23). The predicted molar refractivity (Wildman–Crippen MR) is 104 cm³/mol. The summed E-state index contributed by atoms with van der Waals surface area (Å²) in [7, 11) is 1.63. The molecule has 3 rings (SSSR count). The summed E-state index contributed by atoms with van der Waals surface area (Å²) < 4.78 is 6.20. The van der Waals surface area contributed by atoms with E-state index in [1.54, 1.807) is 7.11 Å². The number of fused-ring (bicyclic) bond motifs is 1. The highest BCUT2D eigenvalue weighted by Crippen LogP contribution is 2.30. The number of amides is 2.